The van der Waals surface area contributed by atoms with Gasteiger partial charge in [-0.1, -0.05) is 6.07 Å². The SMILES string of the molecule is CCOC(=O)/C(O)=C/C(=O)c1cccs1. The average Bonchev–Trinajstić information content (AvgIpc) is 2.70. The average molecular weight is 226 g/mol. The Morgan fingerprint density at radius 1 is 1.60 bits per heavy atom. The molecule has 0 radical (unpaired) electrons. The van der Waals surface area contributed by atoms with Gasteiger partial charge in [0.2, 0.25) is 5.76 Å². The minimum absolute atomic E-state index is 0.157. The van der Waals surface area contributed by atoms with Crippen molar-refractivity contribution in [1.29, 1.82) is 0 Å². The molecule has 0 aliphatic heterocycles. The van der Waals surface area contributed by atoms with E-state index in [0.29, 0.717) is 4.88 Å². The van der Waals surface area contributed by atoms with Crippen LogP contribution in [0.25, 0.3) is 0 Å². The van der Waals surface area contributed by atoms with Crippen LogP contribution in [0, 0.1) is 0 Å². The number of rotatable bonds is 4. The highest BCUT2D eigenvalue weighted by atomic mass is 32.1. The second kappa shape index (κ2) is 5.31. The molecular formula is C10H10O4S. The number of aliphatic hydroxyl groups is 1. The number of esters is 1. The molecule has 0 saturated carbocycles. The molecule has 0 aromatic carbocycles. The minimum atomic E-state index is -0.887. The molecule has 0 amide bonds. The van der Waals surface area contributed by atoms with Gasteiger partial charge in [0.15, 0.2) is 5.78 Å². The molecule has 0 saturated heterocycles. The third kappa shape index (κ3) is 3.21. The molecule has 0 unspecified atom stereocenters. The van der Waals surface area contributed by atoms with E-state index in [9.17, 15) is 14.7 Å². The summed E-state index contributed by atoms with van der Waals surface area (Å²) in [5, 5.41) is 10.9. The number of allylic oxidation sites excluding steroid dienone is 1. The van der Waals surface area contributed by atoms with Crippen molar-refractivity contribution in [2.75, 3.05) is 6.61 Å². The summed E-state index contributed by atoms with van der Waals surface area (Å²) in [5.41, 5.74) is 0. The number of carbonyl (C=O) groups is 2. The van der Waals surface area contributed by atoms with E-state index in [1.807, 2.05) is 0 Å². The molecule has 0 bridgehead atoms. The van der Waals surface area contributed by atoms with Crippen molar-refractivity contribution in [3.05, 3.63) is 34.2 Å². The Bertz CT molecular complexity index is 378. The molecular weight excluding hydrogens is 216 g/mol. The summed E-state index contributed by atoms with van der Waals surface area (Å²) in [5.74, 6) is -1.96. The van der Waals surface area contributed by atoms with Crippen molar-refractivity contribution < 1.29 is 19.4 Å². The summed E-state index contributed by atoms with van der Waals surface area (Å²) in [7, 11) is 0. The predicted molar refractivity (Wildman–Crippen MR) is 56.0 cm³/mol. The van der Waals surface area contributed by atoms with E-state index in [-0.39, 0.29) is 6.61 Å². The van der Waals surface area contributed by atoms with Gasteiger partial charge in [0.05, 0.1) is 11.5 Å². The van der Waals surface area contributed by atoms with E-state index in [0.717, 1.165) is 6.08 Å². The first-order valence-corrected chi connectivity index (χ1v) is 5.18. The highest BCUT2D eigenvalue weighted by Crippen LogP contribution is 2.10. The second-order valence-corrected chi connectivity index (χ2v) is 3.54. The topological polar surface area (TPSA) is 63.6 Å². The maximum Gasteiger partial charge on any atom is 0.373 e. The Morgan fingerprint density at radius 3 is 2.87 bits per heavy atom. The summed E-state index contributed by atoms with van der Waals surface area (Å²) >= 11 is 1.24. The Morgan fingerprint density at radius 2 is 2.33 bits per heavy atom. The largest absolute Gasteiger partial charge is 0.502 e. The van der Waals surface area contributed by atoms with E-state index in [4.69, 9.17) is 0 Å². The quantitative estimate of drug-likeness (QED) is 0.369. The minimum Gasteiger partial charge on any atom is -0.502 e. The standard InChI is InChI=1S/C10H10O4S/c1-2-14-10(13)8(12)6-7(11)9-4-3-5-15-9/h3-6,12H,2H2,1H3/b8-6-. The number of hydrogen-bond acceptors (Lipinski definition) is 5. The van der Waals surface area contributed by atoms with Crippen LogP contribution in [0.5, 0.6) is 0 Å². The lowest BCUT2D eigenvalue weighted by atomic mass is 10.3. The first kappa shape index (κ1) is 11.5. The van der Waals surface area contributed by atoms with Crippen molar-refractivity contribution in [2.24, 2.45) is 0 Å². The zero-order chi connectivity index (χ0) is 11.3. The fourth-order valence-electron chi connectivity index (χ4n) is 0.878. The summed E-state index contributed by atoms with van der Waals surface area (Å²) in [6, 6.07) is 3.33. The number of ketones is 1. The van der Waals surface area contributed by atoms with Gasteiger partial charge in [0.1, 0.15) is 0 Å². The zero-order valence-corrected chi connectivity index (χ0v) is 8.91. The molecule has 4 nitrogen and oxygen atoms in total. The van der Waals surface area contributed by atoms with Gasteiger partial charge in [0.25, 0.3) is 0 Å². The van der Waals surface area contributed by atoms with Crippen LogP contribution in [0.2, 0.25) is 0 Å². The van der Waals surface area contributed by atoms with E-state index in [2.05, 4.69) is 4.74 Å². The molecule has 0 aliphatic rings. The third-order valence-corrected chi connectivity index (χ3v) is 2.40. The summed E-state index contributed by atoms with van der Waals surface area (Å²) in [6.45, 7) is 1.77. The second-order valence-electron chi connectivity index (χ2n) is 2.59. The normalized spacial score (nSPS) is 11.1. The molecule has 1 heterocycles. The lowest BCUT2D eigenvalue weighted by Crippen LogP contribution is -2.08. The van der Waals surface area contributed by atoms with Crippen molar-refractivity contribution in [3.63, 3.8) is 0 Å². The van der Waals surface area contributed by atoms with Crippen molar-refractivity contribution >= 4 is 23.1 Å². The number of aliphatic hydroxyl groups excluding tert-OH is 1. The molecule has 0 spiro atoms. The first-order valence-electron chi connectivity index (χ1n) is 4.30. The Balaban J connectivity index is 2.71. The van der Waals surface area contributed by atoms with Gasteiger partial charge in [-0.25, -0.2) is 4.79 Å². The highest BCUT2D eigenvalue weighted by Gasteiger charge is 2.12. The van der Waals surface area contributed by atoms with Gasteiger partial charge in [-0.3, -0.25) is 4.79 Å². The monoisotopic (exact) mass is 226 g/mol. The van der Waals surface area contributed by atoms with Crippen LogP contribution < -0.4 is 0 Å². The van der Waals surface area contributed by atoms with E-state index < -0.39 is 17.5 Å². The van der Waals surface area contributed by atoms with E-state index in [1.54, 1.807) is 24.4 Å². The molecule has 1 aromatic rings. The molecule has 5 heteroatoms. The lowest BCUT2D eigenvalue weighted by Gasteiger charge is -1.98. The zero-order valence-electron chi connectivity index (χ0n) is 8.10. The maximum absolute atomic E-state index is 11.4. The van der Waals surface area contributed by atoms with Gasteiger partial charge in [-0.05, 0) is 18.4 Å². The first-order chi connectivity index (χ1) is 7.15. The Labute approximate surface area is 90.8 Å². The fourth-order valence-corrected chi connectivity index (χ4v) is 1.51. The van der Waals surface area contributed by atoms with Crippen molar-refractivity contribution in [1.82, 2.24) is 0 Å². The van der Waals surface area contributed by atoms with Gasteiger partial charge in [0, 0.05) is 6.08 Å². The maximum atomic E-state index is 11.4. The third-order valence-electron chi connectivity index (χ3n) is 1.52. The molecule has 80 valence electrons. The van der Waals surface area contributed by atoms with Crippen LogP contribution in [0.1, 0.15) is 16.6 Å². The van der Waals surface area contributed by atoms with E-state index in [1.165, 1.54) is 11.3 Å². The van der Waals surface area contributed by atoms with Crippen LogP contribution in [-0.4, -0.2) is 23.5 Å². The smallest absolute Gasteiger partial charge is 0.373 e. The van der Waals surface area contributed by atoms with Crippen LogP contribution in [0.15, 0.2) is 29.3 Å². The van der Waals surface area contributed by atoms with Gasteiger partial charge < -0.3 is 9.84 Å². The Hall–Kier alpha value is -1.62. The van der Waals surface area contributed by atoms with Crippen LogP contribution >= 0.6 is 11.3 Å². The summed E-state index contributed by atoms with van der Waals surface area (Å²) in [6.07, 6.45) is 0.865. The van der Waals surface area contributed by atoms with Gasteiger partial charge in [-0.15, -0.1) is 11.3 Å². The summed E-state index contributed by atoms with van der Waals surface area (Å²) in [4.78, 5) is 22.8. The van der Waals surface area contributed by atoms with Crippen LogP contribution in [0.4, 0.5) is 0 Å². The molecule has 1 aromatic heterocycles. The number of hydrogen-bond donors (Lipinski definition) is 1. The van der Waals surface area contributed by atoms with Gasteiger partial charge in [-0.2, -0.15) is 0 Å². The Kier molecular flexibility index (Phi) is 4.05. The number of thiophene rings is 1. The molecule has 0 fully saturated rings. The van der Waals surface area contributed by atoms with Crippen molar-refractivity contribution in [2.45, 2.75) is 6.92 Å². The van der Waals surface area contributed by atoms with Crippen molar-refractivity contribution in [3.8, 4) is 0 Å². The molecule has 15 heavy (non-hydrogen) atoms. The molecule has 1 rings (SSSR count). The molecule has 0 atom stereocenters. The highest BCUT2D eigenvalue weighted by molar-refractivity contribution is 7.12. The summed E-state index contributed by atoms with van der Waals surface area (Å²) < 4.78 is 4.52. The molecule has 0 aliphatic carbocycles. The van der Waals surface area contributed by atoms with Crippen LogP contribution in [0.3, 0.4) is 0 Å². The van der Waals surface area contributed by atoms with Gasteiger partial charge >= 0.3 is 5.97 Å². The number of carbonyl (C=O) groups excluding carboxylic acids is 2. The number of ether oxygens (including phenoxy) is 1. The lowest BCUT2D eigenvalue weighted by molar-refractivity contribution is -0.141. The van der Waals surface area contributed by atoms with Crippen LogP contribution in [-0.2, 0) is 9.53 Å². The van der Waals surface area contributed by atoms with E-state index >= 15 is 0 Å². The predicted octanol–water partition coefficient (Wildman–Crippen LogP) is 1.94. The fraction of sp³-hybridized carbons (Fsp3) is 0.200. The molecule has 1 N–H and O–H groups in total.